The Bertz CT molecular complexity index is 610. The van der Waals surface area contributed by atoms with Crippen LogP contribution in [-0.4, -0.2) is 36.1 Å². The standard InChI is InChI=1S/C16H19BrN2O2/c1-18(12-13-6-3-4-7-14(13)17)16(20)15-8-5-9-19(15)10-11-21-2/h3-9H,10-12H2,1-2H3. The van der Waals surface area contributed by atoms with Crippen LogP contribution in [0.3, 0.4) is 0 Å². The van der Waals surface area contributed by atoms with Crippen molar-refractivity contribution < 1.29 is 9.53 Å². The maximum absolute atomic E-state index is 12.6. The molecule has 1 amide bonds. The van der Waals surface area contributed by atoms with Crippen LogP contribution >= 0.6 is 15.9 Å². The van der Waals surface area contributed by atoms with E-state index in [2.05, 4.69) is 15.9 Å². The van der Waals surface area contributed by atoms with Crippen LogP contribution in [0.15, 0.2) is 47.1 Å². The number of benzene rings is 1. The van der Waals surface area contributed by atoms with Crippen LogP contribution in [0.4, 0.5) is 0 Å². The molecule has 0 aliphatic rings. The van der Waals surface area contributed by atoms with Gasteiger partial charge >= 0.3 is 0 Å². The Hall–Kier alpha value is -1.59. The van der Waals surface area contributed by atoms with Crippen molar-refractivity contribution in [3.63, 3.8) is 0 Å². The van der Waals surface area contributed by atoms with Gasteiger partial charge in [-0.15, -0.1) is 0 Å². The fourth-order valence-electron chi connectivity index (χ4n) is 2.14. The zero-order valence-corrected chi connectivity index (χ0v) is 13.8. The molecule has 0 unspecified atom stereocenters. The highest BCUT2D eigenvalue weighted by Crippen LogP contribution is 2.18. The topological polar surface area (TPSA) is 34.5 Å². The molecule has 0 N–H and O–H groups in total. The molecule has 0 radical (unpaired) electrons. The van der Waals surface area contributed by atoms with Crippen LogP contribution in [0.2, 0.25) is 0 Å². The molecule has 4 nitrogen and oxygen atoms in total. The number of ether oxygens (including phenoxy) is 1. The van der Waals surface area contributed by atoms with Crippen LogP contribution in [0.5, 0.6) is 0 Å². The summed E-state index contributed by atoms with van der Waals surface area (Å²) < 4.78 is 8.00. The van der Waals surface area contributed by atoms with Crippen molar-refractivity contribution in [1.29, 1.82) is 0 Å². The fraction of sp³-hybridized carbons (Fsp3) is 0.312. The van der Waals surface area contributed by atoms with Gasteiger partial charge in [-0.3, -0.25) is 4.79 Å². The third kappa shape index (κ3) is 3.95. The number of halogens is 1. The Morgan fingerprint density at radius 1 is 1.29 bits per heavy atom. The van der Waals surface area contributed by atoms with Crippen LogP contribution in [0, 0.1) is 0 Å². The summed E-state index contributed by atoms with van der Waals surface area (Å²) >= 11 is 3.51. The minimum absolute atomic E-state index is 0.00635. The second-order valence-electron chi connectivity index (χ2n) is 4.83. The number of amides is 1. The minimum atomic E-state index is 0.00635. The predicted molar refractivity (Wildman–Crippen MR) is 86.2 cm³/mol. The van der Waals surface area contributed by atoms with Gasteiger partial charge < -0.3 is 14.2 Å². The number of nitrogens with zero attached hydrogens (tertiary/aromatic N) is 2. The SMILES string of the molecule is COCCn1cccc1C(=O)N(C)Cc1ccccc1Br. The Labute approximate surface area is 133 Å². The molecule has 0 spiro atoms. The van der Waals surface area contributed by atoms with Crippen LogP contribution in [0.25, 0.3) is 0 Å². The Morgan fingerprint density at radius 3 is 2.76 bits per heavy atom. The van der Waals surface area contributed by atoms with Crippen molar-refractivity contribution in [2.24, 2.45) is 0 Å². The summed E-state index contributed by atoms with van der Waals surface area (Å²) in [7, 11) is 3.47. The van der Waals surface area contributed by atoms with Gasteiger partial charge in [0.1, 0.15) is 5.69 Å². The van der Waals surface area contributed by atoms with Crippen molar-refractivity contribution in [2.45, 2.75) is 13.1 Å². The van der Waals surface area contributed by atoms with E-state index >= 15 is 0 Å². The largest absolute Gasteiger partial charge is 0.383 e. The zero-order valence-electron chi connectivity index (χ0n) is 12.3. The molecule has 0 saturated carbocycles. The van der Waals surface area contributed by atoms with E-state index in [1.807, 2.05) is 54.2 Å². The van der Waals surface area contributed by atoms with E-state index in [0.29, 0.717) is 25.4 Å². The molecule has 21 heavy (non-hydrogen) atoms. The first-order chi connectivity index (χ1) is 10.1. The fourth-order valence-corrected chi connectivity index (χ4v) is 2.55. The van der Waals surface area contributed by atoms with Gasteiger partial charge in [0.15, 0.2) is 0 Å². The molecule has 0 bridgehead atoms. The summed E-state index contributed by atoms with van der Waals surface area (Å²) in [6.45, 7) is 1.83. The predicted octanol–water partition coefficient (Wildman–Crippen LogP) is 3.17. The van der Waals surface area contributed by atoms with E-state index < -0.39 is 0 Å². The molecule has 0 fully saturated rings. The average Bonchev–Trinajstić information content (AvgIpc) is 2.95. The lowest BCUT2D eigenvalue weighted by atomic mass is 10.2. The van der Waals surface area contributed by atoms with E-state index in [1.165, 1.54) is 0 Å². The summed E-state index contributed by atoms with van der Waals surface area (Å²) in [4.78, 5) is 14.3. The molecule has 1 aromatic heterocycles. The molecule has 2 aromatic rings. The summed E-state index contributed by atoms with van der Waals surface area (Å²) in [6.07, 6.45) is 1.90. The molecule has 1 aromatic carbocycles. The van der Waals surface area contributed by atoms with Gasteiger partial charge in [-0.25, -0.2) is 0 Å². The van der Waals surface area contributed by atoms with E-state index in [4.69, 9.17) is 4.74 Å². The van der Waals surface area contributed by atoms with Gasteiger partial charge in [0.2, 0.25) is 0 Å². The summed E-state index contributed by atoms with van der Waals surface area (Å²) in [5.74, 6) is 0.00635. The van der Waals surface area contributed by atoms with Crippen molar-refractivity contribution in [2.75, 3.05) is 20.8 Å². The van der Waals surface area contributed by atoms with Crippen molar-refractivity contribution in [3.05, 3.63) is 58.3 Å². The Balaban J connectivity index is 2.09. The number of carbonyl (C=O) groups is 1. The molecule has 0 aliphatic heterocycles. The summed E-state index contributed by atoms with van der Waals surface area (Å²) in [5.41, 5.74) is 1.77. The van der Waals surface area contributed by atoms with E-state index in [9.17, 15) is 4.79 Å². The molecule has 0 saturated heterocycles. The first-order valence-corrected chi connectivity index (χ1v) is 7.55. The van der Waals surface area contributed by atoms with Crippen molar-refractivity contribution in [3.8, 4) is 0 Å². The monoisotopic (exact) mass is 350 g/mol. The minimum Gasteiger partial charge on any atom is -0.383 e. The number of hydrogen-bond acceptors (Lipinski definition) is 2. The Morgan fingerprint density at radius 2 is 2.05 bits per heavy atom. The number of rotatable bonds is 6. The van der Waals surface area contributed by atoms with Crippen molar-refractivity contribution >= 4 is 21.8 Å². The lowest BCUT2D eigenvalue weighted by Crippen LogP contribution is -2.28. The molecular formula is C16H19BrN2O2. The highest BCUT2D eigenvalue weighted by atomic mass is 79.9. The molecular weight excluding hydrogens is 332 g/mol. The molecule has 2 rings (SSSR count). The highest BCUT2D eigenvalue weighted by Gasteiger charge is 2.16. The quantitative estimate of drug-likeness (QED) is 0.801. The number of hydrogen-bond donors (Lipinski definition) is 0. The van der Waals surface area contributed by atoms with Crippen LogP contribution < -0.4 is 0 Å². The molecule has 0 aliphatic carbocycles. The van der Waals surface area contributed by atoms with E-state index in [-0.39, 0.29) is 5.91 Å². The third-order valence-corrected chi connectivity index (χ3v) is 4.07. The van der Waals surface area contributed by atoms with Crippen LogP contribution in [0.1, 0.15) is 16.1 Å². The molecule has 112 valence electrons. The summed E-state index contributed by atoms with van der Waals surface area (Å²) in [5, 5.41) is 0. The van der Waals surface area contributed by atoms with Gasteiger partial charge in [-0.2, -0.15) is 0 Å². The second kappa shape index (κ2) is 7.43. The van der Waals surface area contributed by atoms with Gasteiger partial charge in [0.05, 0.1) is 6.61 Å². The highest BCUT2D eigenvalue weighted by molar-refractivity contribution is 9.10. The molecule has 5 heteroatoms. The van der Waals surface area contributed by atoms with Gasteiger partial charge in [0, 0.05) is 37.9 Å². The van der Waals surface area contributed by atoms with E-state index in [1.54, 1.807) is 12.0 Å². The first kappa shape index (κ1) is 15.8. The summed E-state index contributed by atoms with van der Waals surface area (Å²) in [6, 6.07) is 11.7. The lowest BCUT2D eigenvalue weighted by molar-refractivity contribution is 0.0771. The van der Waals surface area contributed by atoms with Gasteiger partial charge in [-0.05, 0) is 23.8 Å². The number of aromatic nitrogens is 1. The van der Waals surface area contributed by atoms with Gasteiger partial charge in [-0.1, -0.05) is 34.1 Å². The second-order valence-corrected chi connectivity index (χ2v) is 5.69. The molecule has 0 atom stereocenters. The smallest absolute Gasteiger partial charge is 0.270 e. The van der Waals surface area contributed by atoms with E-state index in [0.717, 1.165) is 10.0 Å². The third-order valence-electron chi connectivity index (χ3n) is 3.30. The van der Waals surface area contributed by atoms with Crippen molar-refractivity contribution in [1.82, 2.24) is 9.47 Å². The van der Waals surface area contributed by atoms with Crippen LogP contribution in [-0.2, 0) is 17.8 Å². The maximum atomic E-state index is 12.6. The average molecular weight is 351 g/mol. The maximum Gasteiger partial charge on any atom is 0.270 e. The first-order valence-electron chi connectivity index (χ1n) is 6.76. The number of carbonyl (C=O) groups excluding carboxylic acids is 1. The normalized spacial score (nSPS) is 10.6. The zero-order chi connectivity index (χ0) is 15.2. The Kier molecular flexibility index (Phi) is 5.59. The number of methoxy groups -OCH3 is 1. The lowest BCUT2D eigenvalue weighted by Gasteiger charge is -2.19. The molecule has 1 heterocycles. The van der Waals surface area contributed by atoms with Gasteiger partial charge in [0.25, 0.3) is 5.91 Å².